The number of carbonyl (C=O) groups excluding carboxylic acids is 2. The summed E-state index contributed by atoms with van der Waals surface area (Å²) >= 11 is 0. The molecule has 5 nitrogen and oxygen atoms in total. The zero-order chi connectivity index (χ0) is 15.5. The normalized spacial score (nSPS) is 20.1. The van der Waals surface area contributed by atoms with E-state index in [9.17, 15) is 9.59 Å². The molecule has 0 saturated carbocycles. The highest BCUT2D eigenvalue weighted by Crippen LogP contribution is 2.32. The van der Waals surface area contributed by atoms with Crippen LogP contribution in [0.3, 0.4) is 0 Å². The third-order valence-corrected chi connectivity index (χ3v) is 4.19. The van der Waals surface area contributed by atoms with Crippen LogP contribution in [0.15, 0.2) is 24.3 Å². The molecule has 0 bridgehead atoms. The molecule has 0 saturated heterocycles. The van der Waals surface area contributed by atoms with E-state index in [-0.39, 0.29) is 24.8 Å². The maximum Gasteiger partial charge on any atom is 0.228 e. The molecule has 2 atom stereocenters. The number of fused-ring (bicyclic) bond motifs is 1. The van der Waals surface area contributed by atoms with Crippen LogP contribution in [0.25, 0.3) is 0 Å². The van der Waals surface area contributed by atoms with Crippen molar-refractivity contribution < 1.29 is 14.7 Å². The molecule has 1 aliphatic heterocycles. The Balaban J connectivity index is 2.21. The lowest BCUT2D eigenvalue weighted by Crippen LogP contribution is -2.49. The Hall–Kier alpha value is -1.88. The Morgan fingerprint density at radius 2 is 2.19 bits per heavy atom. The Morgan fingerprint density at radius 1 is 1.48 bits per heavy atom. The van der Waals surface area contributed by atoms with Crippen molar-refractivity contribution in [1.82, 2.24) is 5.32 Å². The molecule has 0 aromatic heterocycles. The van der Waals surface area contributed by atoms with Gasteiger partial charge in [0.1, 0.15) is 0 Å². The number of hydrogen-bond donors (Lipinski definition) is 3. The van der Waals surface area contributed by atoms with Crippen LogP contribution in [0.1, 0.15) is 44.6 Å². The highest BCUT2D eigenvalue weighted by molar-refractivity contribution is 6.01. The zero-order valence-electron chi connectivity index (χ0n) is 12.5. The van der Waals surface area contributed by atoms with Crippen molar-refractivity contribution in [3.63, 3.8) is 0 Å². The second-order valence-electron chi connectivity index (χ2n) is 5.77. The SMILES string of the molecule is CCC(C)(CCO)NC(=O)C1CC(=O)Nc2ccccc21. The first-order valence-electron chi connectivity index (χ1n) is 7.31. The average molecular weight is 290 g/mol. The molecular weight excluding hydrogens is 268 g/mol. The molecule has 1 aromatic carbocycles. The Morgan fingerprint density at radius 3 is 2.86 bits per heavy atom. The number of benzene rings is 1. The second-order valence-corrected chi connectivity index (χ2v) is 5.77. The molecule has 2 unspecified atom stereocenters. The van der Waals surface area contributed by atoms with Gasteiger partial charge >= 0.3 is 0 Å². The number of amides is 2. The molecule has 1 aromatic rings. The maximum absolute atomic E-state index is 12.6. The third kappa shape index (κ3) is 3.42. The molecule has 0 fully saturated rings. The maximum atomic E-state index is 12.6. The molecule has 21 heavy (non-hydrogen) atoms. The summed E-state index contributed by atoms with van der Waals surface area (Å²) in [4.78, 5) is 24.4. The smallest absolute Gasteiger partial charge is 0.228 e. The highest BCUT2D eigenvalue weighted by atomic mass is 16.3. The second kappa shape index (κ2) is 6.26. The van der Waals surface area contributed by atoms with E-state index in [0.717, 1.165) is 12.0 Å². The van der Waals surface area contributed by atoms with Crippen molar-refractivity contribution in [1.29, 1.82) is 0 Å². The van der Waals surface area contributed by atoms with Gasteiger partial charge in [0.2, 0.25) is 11.8 Å². The summed E-state index contributed by atoms with van der Waals surface area (Å²) in [7, 11) is 0. The van der Waals surface area contributed by atoms with E-state index in [1.807, 2.05) is 32.0 Å². The molecule has 2 amide bonds. The standard InChI is InChI=1S/C16H22N2O3/c1-3-16(2,8-9-19)18-15(21)12-10-14(20)17-13-7-5-4-6-11(12)13/h4-7,12,19H,3,8-10H2,1-2H3,(H,17,20)(H,18,21). The van der Waals surface area contributed by atoms with Gasteiger partial charge in [-0.05, 0) is 31.4 Å². The van der Waals surface area contributed by atoms with Gasteiger partial charge in [-0.3, -0.25) is 9.59 Å². The number of hydrogen-bond acceptors (Lipinski definition) is 3. The van der Waals surface area contributed by atoms with Gasteiger partial charge in [-0.2, -0.15) is 0 Å². The quantitative estimate of drug-likeness (QED) is 0.773. The Labute approximate surface area is 124 Å². The minimum atomic E-state index is -0.473. The summed E-state index contributed by atoms with van der Waals surface area (Å²) in [6.07, 6.45) is 1.37. The van der Waals surface area contributed by atoms with Gasteiger partial charge in [0.25, 0.3) is 0 Å². The fourth-order valence-corrected chi connectivity index (χ4v) is 2.60. The Bertz CT molecular complexity index is 544. The van der Waals surface area contributed by atoms with Crippen molar-refractivity contribution in [2.75, 3.05) is 11.9 Å². The van der Waals surface area contributed by atoms with Crippen LogP contribution in [0.4, 0.5) is 5.69 Å². The van der Waals surface area contributed by atoms with Crippen LogP contribution in [-0.2, 0) is 9.59 Å². The summed E-state index contributed by atoms with van der Waals surface area (Å²) < 4.78 is 0. The summed E-state index contributed by atoms with van der Waals surface area (Å²) in [5, 5.41) is 14.9. The fourth-order valence-electron chi connectivity index (χ4n) is 2.60. The fraction of sp³-hybridized carbons (Fsp3) is 0.500. The van der Waals surface area contributed by atoms with Gasteiger partial charge in [0.05, 0.1) is 5.92 Å². The number of nitrogens with one attached hydrogen (secondary N) is 2. The predicted octanol–water partition coefficient (Wildman–Crippen LogP) is 1.78. The van der Waals surface area contributed by atoms with Crippen LogP contribution < -0.4 is 10.6 Å². The van der Waals surface area contributed by atoms with Crippen LogP contribution in [0, 0.1) is 0 Å². The molecule has 1 heterocycles. The number of aliphatic hydroxyl groups excluding tert-OH is 1. The first kappa shape index (κ1) is 15.5. The van der Waals surface area contributed by atoms with Crippen molar-refractivity contribution >= 4 is 17.5 Å². The number of aliphatic hydroxyl groups is 1. The molecule has 0 radical (unpaired) electrons. The van der Waals surface area contributed by atoms with E-state index < -0.39 is 11.5 Å². The first-order chi connectivity index (χ1) is 9.99. The monoisotopic (exact) mass is 290 g/mol. The van der Waals surface area contributed by atoms with Crippen molar-refractivity contribution in [2.24, 2.45) is 0 Å². The molecule has 1 aliphatic rings. The average Bonchev–Trinajstić information content (AvgIpc) is 2.46. The predicted molar refractivity (Wildman–Crippen MR) is 81.0 cm³/mol. The van der Waals surface area contributed by atoms with Crippen LogP contribution in [0.2, 0.25) is 0 Å². The molecular formula is C16H22N2O3. The minimum absolute atomic E-state index is 0.0202. The summed E-state index contributed by atoms with van der Waals surface area (Å²) in [5.74, 6) is -0.774. The van der Waals surface area contributed by atoms with Crippen molar-refractivity contribution in [3.8, 4) is 0 Å². The largest absolute Gasteiger partial charge is 0.396 e. The van der Waals surface area contributed by atoms with Crippen LogP contribution >= 0.6 is 0 Å². The molecule has 0 spiro atoms. The van der Waals surface area contributed by atoms with E-state index in [1.165, 1.54) is 0 Å². The van der Waals surface area contributed by atoms with Gasteiger partial charge in [0, 0.05) is 24.3 Å². The molecule has 3 N–H and O–H groups in total. The lowest BCUT2D eigenvalue weighted by atomic mass is 9.87. The van der Waals surface area contributed by atoms with Crippen molar-refractivity contribution in [2.45, 2.75) is 44.6 Å². The minimum Gasteiger partial charge on any atom is -0.396 e. The first-order valence-corrected chi connectivity index (χ1v) is 7.31. The van der Waals surface area contributed by atoms with Gasteiger partial charge in [0.15, 0.2) is 0 Å². The number of carbonyl (C=O) groups is 2. The van der Waals surface area contributed by atoms with Gasteiger partial charge < -0.3 is 15.7 Å². The van der Waals surface area contributed by atoms with Gasteiger partial charge in [-0.1, -0.05) is 25.1 Å². The number of para-hydroxylation sites is 1. The van der Waals surface area contributed by atoms with E-state index >= 15 is 0 Å². The van der Waals surface area contributed by atoms with E-state index in [0.29, 0.717) is 12.1 Å². The zero-order valence-corrected chi connectivity index (χ0v) is 12.5. The lowest BCUT2D eigenvalue weighted by Gasteiger charge is -2.32. The molecule has 5 heteroatoms. The van der Waals surface area contributed by atoms with Crippen LogP contribution in [-0.4, -0.2) is 29.1 Å². The molecule has 114 valence electrons. The van der Waals surface area contributed by atoms with Crippen molar-refractivity contribution in [3.05, 3.63) is 29.8 Å². The Kier molecular flexibility index (Phi) is 4.63. The summed E-state index contributed by atoms with van der Waals surface area (Å²) in [5.41, 5.74) is 1.10. The molecule has 0 aliphatic carbocycles. The van der Waals surface area contributed by atoms with E-state index in [1.54, 1.807) is 6.07 Å². The van der Waals surface area contributed by atoms with Gasteiger partial charge in [-0.25, -0.2) is 0 Å². The molecule has 2 rings (SSSR count). The number of rotatable bonds is 5. The number of anilines is 1. The topological polar surface area (TPSA) is 78.4 Å². The lowest BCUT2D eigenvalue weighted by molar-refractivity contribution is -0.127. The highest BCUT2D eigenvalue weighted by Gasteiger charge is 2.33. The van der Waals surface area contributed by atoms with Crippen LogP contribution in [0.5, 0.6) is 0 Å². The van der Waals surface area contributed by atoms with E-state index in [2.05, 4.69) is 10.6 Å². The summed E-state index contributed by atoms with van der Waals surface area (Å²) in [6, 6.07) is 7.37. The summed E-state index contributed by atoms with van der Waals surface area (Å²) in [6.45, 7) is 3.90. The van der Waals surface area contributed by atoms with Gasteiger partial charge in [-0.15, -0.1) is 0 Å². The van der Waals surface area contributed by atoms with E-state index in [4.69, 9.17) is 5.11 Å². The third-order valence-electron chi connectivity index (χ3n) is 4.19.